The van der Waals surface area contributed by atoms with E-state index in [0.717, 1.165) is 5.56 Å². The largest absolute Gasteiger partial charge is 0.445 e. The van der Waals surface area contributed by atoms with Crippen LogP contribution in [-0.4, -0.2) is 45.1 Å². The fraction of sp³-hybridized carbons (Fsp3) is 0.375. The average molecular weight is 329 g/mol. The first kappa shape index (κ1) is 16.0. The number of ether oxygens (including phenoxy) is 1. The summed E-state index contributed by atoms with van der Waals surface area (Å²) in [5.41, 5.74) is 3.60. The van der Waals surface area contributed by atoms with Gasteiger partial charge in [0.1, 0.15) is 6.61 Å². The molecule has 24 heavy (non-hydrogen) atoms. The standard InChI is InChI=1S/C16H19N5O3/c22-15(18-21-11-8-17-19-21)14-6-9-20(10-7-14)16(23)24-12-13-4-2-1-3-5-13/h1-5,8,11,14H,6-7,9-10,12H2,(H,18,22). The maximum atomic E-state index is 12.1. The van der Waals surface area contributed by atoms with Crippen LogP contribution in [0, 0.1) is 5.92 Å². The Hall–Kier alpha value is -2.90. The molecule has 3 rings (SSSR count). The van der Waals surface area contributed by atoms with E-state index in [4.69, 9.17) is 4.74 Å². The number of amides is 2. The molecule has 2 amide bonds. The number of hydrogen-bond donors (Lipinski definition) is 1. The van der Waals surface area contributed by atoms with E-state index in [9.17, 15) is 9.59 Å². The van der Waals surface area contributed by atoms with Crippen molar-refractivity contribution >= 4 is 12.0 Å². The van der Waals surface area contributed by atoms with Crippen LogP contribution in [0.2, 0.25) is 0 Å². The lowest BCUT2D eigenvalue weighted by atomic mass is 9.96. The Balaban J connectivity index is 1.42. The summed E-state index contributed by atoms with van der Waals surface area (Å²) < 4.78 is 5.31. The maximum Gasteiger partial charge on any atom is 0.410 e. The monoisotopic (exact) mass is 329 g/mol. The van der Waals surface area contributed by atoms with Crippen LogP contribution in [0.15, 0.2) is 42.7 Å². The molecular weight excluding hydrogens is 310 g/mol. The van der Waals surface area contributed by atoms with E-state index in [0.29, 0.717) is 25.9 Å². The molecule has 1 aliphatic heterocycles. The van der Waals surface area contributed by atoms with Crippen LogP contribution in [0.3, 0.4) is 0 Å². The maximum absolute atomic E-state index is 12.1. The number of hydrogen-bond acceptors (Lipinski definition) is 5. The van der Waals surface area contributed by atoms with Gasteiger partial charge in [0.25, 0.3) is 0 Å². The van der Waals surface area contributed by atoms with Gasteiger partial charge in [-0.25, -0.2) is 10.2 Å². The van der Waals surface area contributed by atoms with Gasteiger partial charge in [0.05, 0.1) is 12.4 Å². The number of carbonyl (C=O) groups is 2. The molecule has 8 heteroatoms. The molecule has 1 N–H and O–H groups in total. The molecule has 126 valence electrons. The van der Waals surface area contributed by atoms with E-state index in [1.165, 1.54) is 11.0 Å². The van der Waals surface area contributed by atoms with Gasteiger partial charge in [-0.15, -0.1) is 5.10 Å². The van der Waals surface area contributed by atoms with Crippen molar-refractivity contribution in [3.63, 3.8) is 0 Å². The molecule has 0 radical (unpaired) electrons. The van der Waals surface area contributed by atoms with Crippen molar-refractivity contribution in [2.24, 2.45) is 5.92 Å². The summed E-state index contributed by atoms with van der Waals surface area (Å²) in [7, 11) is 0. The summed E-state index contributed by atoms with van der Waals surface area (Å²) in [6, 6.07) is 9.55. The fourth-order valence-electron chi connectivity index (χ4n) is 2.61. The van der Waals surface area contributed by atoms with E-state index in [1.807, 2.05) is 30.3 Å². The molecule has 0 atom stereocenters. The zero-order valence-electron chi connectivity index (χ0n) is 13.2. The van der Waals surface area contributed by atoms with Gasteiger partial charge in [-0.05, 0) is 23.6 Å². The Morgan fingerprint density at radius 3 is 2.62 bits per heavy atom. The minimum Gasteiger partial charge on any atom is -0.445 e. The Morgan fingerprint density at radius 1 is 1.21 bits per heavy atom. The van der Waals surface area contributed by atoms with E-state index in [-0.39, 0.29) is 24.5 Å². The topological polar surface area (TPSA) is 89.4 Å². The molecule has 0 saturated carbocycles. The van der Waals surface area contributed by atoms with Crippen molar-refractivity contribution in [1.82, 2.24) is 20.0 Å². The molecule has 1 fully saturated rings. The minimum absolute atomic E-state index is 0.113. The number of nitrogens with zero attached hydrogens (tertiary/aromatic N) is 4. The van der Waals surface area contributed by atoms with E-state index in [1.54, 1.807) is 11.1 Å². The molecular formula is C16H19N5O3. The molecule has 1 aliphatic rings. The van der Waals surface area contributed by atoms with Crippen molar-refractivity contribution in [1.29, 1.82) is 0 Å². The first-order chi connectivity index (χ1) is 11.7. The Labute approximate surface area is 139 Å². The summed E-state index contributed by atoms with van der Waals surface area (Å²) in [4.78, 5) is 27.1. The van der Waals surface area contributed by atoms with Crippen molar-refractivity contribution in [2.75, 3.05) is 18.5 Å². The molecule has 0 unspecified atom stereocenters. The normalized spacial score (nSPS) is 15.1. The lowest BCUT2D eigenvalue weighted by Crippen LogP contribution is -2.42. The van der Waals surface area contributed by atoms with Gasteiger partial charge in [-0.1, -0.05) is 30.3 Å². The van der Waals surface area contributed by atoms with Crippen LogP contribution < -0.4 is 5.43 Å². The lowest BCUT2D eigenvalue weighted by Gasteiger charge is -2.30. The summed E-state index contributed by atoms with van der Waals surface area (Å²) in [5.74, 6) is -0.259. The molecule has 0 aliphatic carbocycles. The van der Waals surface area contributed by atoms with Crippen LogP contribution in [0.1, 0.15) is 18.4 Å². The van der Waals surface area contributed by atoms with Crippen LogP contribution in [0.4, 0.5) is 4.79 Å². The molecule has 2 heterocycles. The Kier molecular flexibility index (Phi) is 5.05. The zero-order chi connectivity index (χ0) is 16.8. The molecule has 0 spiro atoms. The van der Waals surface area contributed by atoms with Crippen molar-refractivity contribution in [3.05, 3.63) is 48.3 Å². The van der Waals surface area contributed by atoms with Gasteiger partial charge >= 0.3 is 6.09 Å². The summed E-state index contributed by atoms with van der Waals surface area (Å²) in [6.45, 7) is 1.26. The van der Waals surface area contributed by atoms with E-state index >= 15 is 0 Å². The number of carbonyl (C=O) groups excluding carboxylic acids is 2. The fourth-order valence-corrected chi connectivity index (χ4v) is 2.61. The second-order valence-corrected chi connectivity index (χ2v) is 5.63. The second-order valence-electron chi connectivity index (χ2n) is 5.63. The Morgan fingerprint density at radius 2 is 1.96 bits per heavy atom. The predicted molar refractivity (Wildman–Crippen MR) is 85.3 cm³/mol. The summed E-state index contributed by atoms with van der Waals surface area (Å²) >= 11 is 0. The molecule has 1 aromatic heterocycles. The third-order valence-electron chi connectivity index (χ3n) is 3.98. The van der Waals surface area contributed by atoms with E-state index in [2.05, 4.69) is 15.7 Å². The Bertz CT molecular complexity index is 666. The van der Waals surface area contributed by atoms with Gasteiger partial charge in [0.2, 0.25) is 5.91 Å². The van der Waals surface area contributed by atoms with Crippen LogP contribution in [0.5, 0.6) is 0 Å². The van der Waals surface area contributed by atoms with Crippen molar-refractivity contribution in [2.45, 2.75) is 19.4 Å². The molecule has 1 saturated heterocycles. The van der Waals surface area contributed by atoms with E-state index < -0.39 is 0 Å². The van der Waals surface area contributed by atoms with Crippen molar-refractivity contribution < 1.29 is 14.3 Å². The number of rotatable bonds is 4. The SMILES string of the molecule is O=C(Nn1ccnn1)C1CCN(C(=O)OCc2ccccc2)CC1. The molecule has 1 aromatic carbocycles. The van der Waals surface area contributed by atoms with Crippen LogP contribution in [-0.2, 0) is 16.1 Å². The third-order valence-corrected chi connectivity index (χ3v) is 3.98. The first-order valence-corrected chi connectivity index (χ1v) is 7.85. The van der Waals surface area contributed by atoms with Gasteiger partial charge in [0, 0.05) is 19.0 Å². The predicted octanol–water partition coefficient (Wildman–Crippen LogP) is 1.40. The zero-order valence-corrected chi connectivity index (χ0v) is 13.2. The van der Waals surface area contributed by atoms with Gasteiger partial charge < -0.3 is 9.64 Å². The summed E-state index contributed by atoms with van der Waals surface area (Å²) in [5, 5.41) is 7.33. The third kappa shape index (κ3) is 4.09. The average Bonchev–Trinajstić information content (AvgIpc) is 3.13. The highest BCUT2D eigenvalue weighted by Gasteiger charge is 2.28. The number of piperidine rings is 1. The molecule has 8 nitrogen and oxygen atoms in total. The highest BCUT2D eigenvalue weighted by Crippen LogP contribution is 2.18. The number of benzene rings is 1. The highest BCUT2D eigenvalue weighted by atomic mass is 16.6. The van der Waals surface area contributed by atoms with Crippen molar-refractivity contribution in [3.8, 4) is 0 Å². The van der Waals surface area contributed by atoms with Crippen LogP contribution >= 0.6 is 0 Å². The number of nitrogens with one attached hydrogen (secondary N) is 1. The highest BCUT2D eigenvalue weighted by molar-refractivity contribution is 5.86. The molecule has 0 bridgehead atoms. The lowest BCUT2D eigenvalue weighted by molar-refractivity contribution is -0.122. The number of aromatic nitrogens is 3. The second kappa shape index (κ2) is 7.58. The summed E-state index contributed by atoms with van der Waals surface area (Å²) in [6.07, 6.45) is 3.91. The smallest absolute Gasteiger partial charge is 0.410 e. The quantitative estimate of drug-likeness (QED) is 0.916. The van der Waals surface area contributed by atoms with Gasteiger partial charge in [-0.3, -0.25) is 4.79 Å². The first-order valence-electron chi connectivity index (χ1n) is 7.85. The number of likely N-dealkylation sites (tertiary alicyclic amines) is 1. The van der Waals surface area contributed by atoms with Gasteiger partial charge in [-0.2, -0.15) is 4.79 Å². The molecule has 2 aromatic rings. The van der Waals surface area contributed by atoms with Crippen LogP contribution in [0.25, 0.3) is 0 Å². The van der Waals surface area contributed by atoms with Gasteiger partial charge in [0.15, 0.2) is 0 Å². The minimum atomic E-state index is -0.339.